The summed E-state index contributed by atoms with van der Waals surface area (Å²) in [6.07, 6.45) is 0.885. The minimum atomic E-state index is -0.105. The molecule has 0 bridgehead atoms. The second-order valence-electron chi connectivity index (χ2n) is 5.41. The number of amides is 1. The fourth-order valence-electron chi connectivity index (χ4n) is 2.15. The summed E-state index contributed by atoms with van der Waals surface area (Å²) in [6, 6.07) is 1.84. The normalized spacial score (nSPS) is 10.8. The topological polar surface area (TPSA) is 80.0 Å². The van der Waals surface area contributed by atoms with Crippen LogP contribution >= 0.6 is 12.4 Å². The van der Waals surface area contributed by atoms with Gasteiger partial charge in [-0.3, -0.25) is 4.79 Å². The monoisotopic (exact) mass is 326 g/mol. The molecule has 6 nitrogen and oxygen atoms in total. The van der Waals surface area contributed by atoms with Gasteiger partial charge in [-0.2, -0.15) is 0 Å². The molecule has 2 aromatic rings. The summed E-state index contributed by atoms with van der Waals surface area (Å²) < 4.78 is 5.22. The molecule has 1 amide bonds. The van der Waals surface area contributed by atoms with Crippen LogP contribution in [0.5, 0.6) is 0 Å². The van der Waals surface area contributed by atoms with Gasteiger partial charge in [0.1, 0.15) is 0 Å². The van der Waals surface area contributed by atoms with Crippen LogP contribution in [0.3, 0.4) is 0 Å². The molecule has 0 saturated heterocycles. The molecule has 0 aromatic carbocycles. The lowest BCUT2D eigenvalue weighted by molar-refractivity contribution is 0.0954. The van der Waals surface area contributed by atoms with E-state index >= 15 is 0 Å². The van der Waals surface area contributed by atoms with Gasteiger partial charge < -0.3 is 15.2 Å². The number of carbonyl (C=O) groups is 1. The standard InChI is InChI=1S/C15H22N4O2.ClH/c1-9(2)12-8-11(14(20)17-7-5-6-16-4)13-10(3)19-21-15(13)18-12;/h8-9,16H,5-7H2,1-4H3,(H,17,20);1H. The van der Waals surface area contributed by atoms with Crippen LogP contribution < -0.4 is 10.6 Å². The minimum absolute atomic E-state index is 0. The number of fused-ring (bicyclic) bond motifs is 1. The summed E-state index contributed by atoms with van der Waals surface area (Å²) in [6.45, 7) is 7.39. The maximum atomic E-state index is 12.4. The summed E-state index contributed by atoms with van der Waals surface area (Å²) in [5, 5.41) is 10.6. The lowest BCUT2D eigenvalue weighted by Gasteiger charge is -2.09. The molecule has 122 valence electrons. The first-order valence-corrected chi connectivity index (χ1v) is 7.24. The van der Waals surface area contributed by atoms with Crippen molar-refractivity contribution in [3.05, 3.63) is 23.0 Å². The van der Waals surface area contributed by atoms with Crippen LogP contribution in [-0.4, -0.2) is 36.2 Å². The van der Waals surface area contributed by atoms with E-state index in [1.165, 1.54) is 0 Å². The van der Waals surface area contributed by atoms with Crippen molar-refractivity contribution in [2.45, 2.75) is 33.1 Å². The van der Waals surface area contributed by atoms with Crippen molar-refractivity contribution in [2.75, 3.05) is 20.1 Å². The number of halogens is 1. The number of nitrogens with one attached hydrogen (secondary N) is 2. The number of hydrogen-bond donors (Lipinski definition) is 2. The molecule has 0 aliphatic rings. The molecule has 0 spiro atoms. The highest BCUT2D eigenvalue weighted by Gasteiger charge is 2.19. The molecule has 2 rings (SSSR count). The molecule has 7 heteroatoms. The lowest BCUT2D eigenvalue weighted by atomic mass is 10.0. The molecular weight excluding hydrogens is 304 g/mol. The van der Waals surface area contributed by atoms with Gasteiger partial charge in [-0.05, 0) is 38.9 Å². The van der Waals surface area contributed by atoms with Gasteiger partial charge in [-0.1, -0.05) is 19.0 Å². The Labute approximate surface area is 136 Å². The highest BCUT2D eigenvalue weighted by Crippen LogP contribution is 2.24. The van der Waals surface area contributed by atoms with Gasteiger partial charge in [0.2, 0.25) is 0 Å². The van der Waals surface area contributed by atoms with Crippen molar-refractivity contribution in [1.29, 1.82) is 0 Å². The van der Waals surface area contributed by atoms with Gasteiger partial charge in [0, 0.05) is 12.2 Å². The van der Waals surface area contributed by atoms with Crippen molar-refractivity contribution < 1.29 is 9.32 Å². The molecule has 0 fully saturated rings. The molecule has 0 atom stereocenters. The SMILES string of the molecule is CNCCCNC(=O)c1cc(C(C)C)nc2onc(C)c12.Cl. The fourth-order valence-corrected chi connectivity index (χ4v) is 2.15. The Morgan fingerprint density at radius 3 is 2.73 bits per heavy atom. The summed E-state index contributed by atoms with van der Waals surface area (Å²) >= 11 is 0. The van der Waals surface area contributed by atoms with E-state index in [1.807, 2.05) is 33.9 Å². The third-order valence-corrected chi connectivity index (χ3v) is 3.36. The Morgan fingerprint density at radius 1 is 1.36 bits per heavy atom. The quantitative estimate of drug-likeness (QED) is 0.797. The van der Waals surface area contributed by atoms with Gasteiger partial charge >= 0.3 is 0 Å². The van der Waals surface area contributed by atoms with E-state index < -0.39 is 0 Å². The van der Waals surface area contributed by atoms with E-state index in [2.05, 4.69) is 20.8 Å². The van der Waals surface area contributed by atoms with E-state index in [0.29, 0.717) is 28.9 Å². The maximum absolute atomic E-state index is 12.4. The highest BCUT2D eigenvalue weighted by molar-refractivity contribution is 6.06. The third kappa shape index (κ3) is 3.96. The minimum Gasteiger partial charge on any atom is -0.352 e. The van der Waals surface area contributed by atoms with Crippen LogP contribution in [0.1, 0.15) is 47.9 Å². The van der Waals surface area contributed by atoms with E-state index in [0.717, 1.165) is 18.7 Å². The molecule has 22 heavy (non-hydrogen) atoms. The molecule has 0 aliphatic carbocycles. The first kappa shape index (κ1) is 18.4. The molecule has 0 saturated carbocycles. The molecule has 2 heterocycles. The molecule has 2 aromatic heterocycles. The maximum Gasteiger partial charge on any atom is 0.259 e. The number of nitrogens with zero attached hydrogens (tertiary/aromatic N) is 2. The first-order valence-electron chi connectivity index (χ1n) is 7.24. The zero-order valence-electron chi connectivity index (χ0n) is 13.4. The van der Waals surface area contributed by atoms with Gasteiger partial charge in [-0.15, -0.1) is 12.4 Å². The van der Waals surface area contributed by atoms with E-state index in [-0.39, 0.29) is 24.2 Å². The van der Waals surface area contributed by atoms with Crippen molar-refractivity contribution in [3.8, 4) is 0 Å². The summed E-state index contributed by atoms with van der Waals surface area (Å²) in [4.78, 5) is 16.8. The Balaban J connectivity index is 0.00000242. The first-order chi connectivity index (χ1) is 10.0. The van der Waals surface area contributed by atoms with Crippen molar-refractivity contribution in [2.24, 2.45) is 0 Å². The Hall–Kier alpha value is -1.66. The number of pyridine rings is 1. The largest absolute Gasteiger partial charge is 0.352 e. The number of aromatic nitrogens is 2. The van der Waals surface area contributed by atoms with Crippen LogP contribution in [0, 0.1) is 6.92 Å². The second kappa shape index (κ2) is 8.10. The van der Waals surface area contributed by atoms with Crippen LogP contribution in [-0.2, 0) is 0 Å². The van der Waals surface area contributed by atoms with Gasteiger partial charge in [0.15, 0.2) is 0 Å². The van der Waals surface area contributed by atoms with Crippen LogP contribution in [0.2, 0.25) is 0 Å². The van der Waals surface area contributed by atoms with Crippen molar-refractivity contribution in [3.63, 3.8) is 0 Å². The zero-order chi connectivity index (χ0) is 15.4. The molecule has 0 aliphatic heterocycles. The average Bonchev–Trinajstić information content (AvgIpc) is 2.84. The van der Waals surface area contributed by atoms with Gasteiger partial charge in [0.05, 0.1) is 16.6 Å². The van der Waals surface area contributed by atoms with Gasteiger partial charge in [-0.25, -0.2) is 4.98 Å². The highest BCUT2D eigenvalue weighted by atomic mass is 35.5. The van der Waals surface area contributed by atoms with Crippen molar-refractivity contribution >= 4 is 29.4 Å². The van der Waals surface area contributed by atoms with Crippen LogP contribution in [0.25, 0.3) is 11.1 Å². The fraction of sp³-hybridized carbons (Fsp3) is 0.533. The number of carbonyl (C=O) groups excluding carboxylic acids is 1. The van der Waals surface area contributed by atoms with Crippen LogP contribution in [0.4, 0.5) is 0 Å². The van der Waals surface area contributed by atoms with E-state index in [9.17, 15) is 4.79 Å². The smallest absolute Gasteiger partial charge is 0.259 e. The average molecular weight is 327 g/mol. The number of rotatable bonds is 6. The number of aryl methyl sites for hydroxylation is 1. The molecule has 2 N–H and O–H groups in total. The number of hydrogen-bond acceptors (Lipinski definition) is 5. The summed E-state index contributed by atoms with van der Waals surface area (Å²) in [5.41, 5.74) is 2.54. The Kier molecular flexibility index (Phi) is 6.77. The third-order valence-electron chi connectivity index (χ3n) is 3.36. The predicted octanol–water partition coefficient (Wildman–Crippen LogP) is 2.42. The van der Waals surface area contributed by atoms with Gasteiger partial charge in [0.25, 0.3) is 11.6 Å². The van der Waals surface area contributed by atoms with E-state index in [4.69, 9.17) is 4.52 Å². The zero-order valence-corrected chi connectivity index (χ0v) is 14.2. The predicted molar refractivity (Wildman–Crippen MR) is 88.8 cm³/mol. The summed E-state index contributed by atoms with van der Waals surface area (Å²) in [7, 11) is 1.89. The van der Waals surface area contributed by atoms with Crippen LogP contribution in [0.15, 0.2) is 10.6 Å². The molecular formula is C15H23ClN4O2. The summed E-state index contributed by atoms with van der Waals surface area (Å²) in [5.74, 6) is 0.113. The molecule has 0 radical (unpaired) electrons. The van der Waals surface area contributed by atoms with E-state index in [1.54, 1.807) is 0 Å². The van der Waals surface area contributed by atoms with Crippen molar-refractivity contribution in [1.82, 2.24) is 20.8 Å². The Morgan fingerprint density at radius 2 is 2.09 bits per heavy atom. The Bertz CT molecular complexity index is 640. The lowest BCUT2D eigenvalue weighted by Crippen LogP contribution is -2.27. The molecule has 0 unspecified atom stereocenters. The second-order valence-corrected chi connectivity index (χ2v) is 5.41.